The van der Waals surface area contributed by atoms with Crippen LogP contribution in [0.1, 0.15) is 18.1 Å². The van der Waals surface area contributed by atoms with E-state index in [-0.39, 0.29) is 4.90 Å². The first-order valence-corrected chi connectivity index (χ1v) is 9.83. The fourth-order valence-corrected chi connectivity index (χ4v) is 4.30. The van der Waals surface area contributed by atoms with Crippen molar-refractivity contribution in [3.63, 3.8) is 0 Å². The van der Waals surface area contributed by atoms with Gasteiger partial charge in [-0.2, -0.15) is 0 Å². The lowest BCUT2D eigenvalue weighted by Crippen LogP contribution is -2.13. The van der Waals surface area contributed by atoms with Gasteiger partial charge in [-0.25, -0.2) is 13.2 Å². The Balaban J connectivity index is 2.13. The van der Waals surface area contributed by atoms with E-state index >= 15 is 0 Å². The minimum atomic E-state index is -3.70. The minimum Gasteiger partial charge on any atom is -0.463 e. The molecule has 0 spiro atoms. The van der Waals surface area contributed by atoms with Gasteiger partial charge in [-0.3, -0.25) is 4.72 Å². The van der Waals surface area contributed by atoms with Gasteiger partial charge >= 0.3 is 5.97 Å². The Hall–Kier alpha value is -2.12. The molecule has 2 aromatic rings. The molecule has 0 aliphatic carbocycles. The van der Waals surface area contributed by atoms with Crippen molar-refractivity contribution in [2.45, 2.75) is 18.7 Å². The number of carbonyl (C=O) groups is 1. The van der Waals surface area contributed by atoms with Crippen LogP contribution in [0.25, 0.3) is 6.08 Å². The smallest absolute Gasteiger partial charge is 0.330 e. The Bertz CT molecular complexity index is 890. The molecule has 7 heteroatoms. The first kappa shape index (κ1) is 19.2. The molecule has 0 saturated heterocycles. The third-order valence-corrected chi connectivity index (χ3v) is 5.60. The van der Waals surface area contributed by atoms with Crippen LogP contribution in [-0.4, -0.2) is 21.0 Å². The number of benzene rings is 2. The summed E-state index contributed by atoms with van der Waals surface area (Å²) in [6.07, 6.45) is 2.93. The summed E-state index contributed by atoms with van der Waals surface area (Å²) in [4.78, 5) is 11.4. The molecular weight excluding hydrogens is 406 g/mol. The number of esters is 1. The van der Waals surface area contributed by atoms with Gasteiger partial charge in [-0.05, 0) is 71.2 Å². The first-order valence-electron chi connectivity index (χ1n) is 7.55. The molecule has 0 radical (unpaired) electrons. The lowest BCUT2D eigenvalue weighted by Gasteiger charge is -2.10. The van der Waals surface area contributed by atoms with E-state index in [1.807, 2.05) is 6.92 Å². The molecule has 2 rings (SSSR count). The van der Waals surface area contributed by atoms with Crippen LogP contribution in [0.5, 0.6) is 0 Å². The summed E-state index contributed by atoms with van der Waals surface area (Å²) >= 11 is 3.28. The lowest BCUT2D eigenvalue weighted by atomic mass is 10.2. The average molecular weight is 424 g/mol. The second-order valence-corrected chi connectivity index (χ2v) is 7.75. The molecule has 0 aliphatic rings. The number of nitrogens with one attached hydrogen (secondary N) is 1. The highest BCUT2D eigenvalue weighted by atomic mass is 79.9. The zero-order valence-corrected chi connectivity index (χ0v) is 16.2. The van der Waals surface area contributed by atoms with Gasteiger partial charge in [0.25, 0.3) is 10.0 Å². The van der Waals surface area contributed by atoms with Crippen molar-refractivity contribution >= 4 is 43.7 Å². The molecule has 5 nitrogen and oxygen atoms in total. The number of aryl methyl sites for hydroxylation is 1. The summed E-state index contributed by atoms with van der Waals surface area (Å²) < 4.78 is 32.8. The molecule has 0 aliphatic heterocycles. The average Bonchev–Trinajstić information content (AvgIpc) is 2.54. The van der Waals surface area contributed by atoms with Crippen molar-refractivity contribution in [1.29, 1.82) is 0 Å². The molecule has 0 unspecified atom stereocenters. The van der Waals surface area contributed by atoms with Crippen LogP contribution in [0, 0.1) is 6.92 Å². The summed E-state index contributed by atoms with van der Waals surface area (Å²) in [5.41, 5.74) is 2.15. The van der Waals surface area contributed by atoms with Crippen LogP contribution in [0.2, 0.25) is 0 Å². The molecule has 25 heavy (non-hydrogen) atoms. The van der Waals surface area contributed by atoms with Gasteiger partial charge in [-0.1, -0.05) is 18.2 Å². The van der Waals surface area contributed by atoms with Crippen LogP contribution in [0.15, 0.2) is 57.9 Å². The minimum absolute atomic E-state index is 0.171. The molecule has 0 atom stereocenters. The monoisotopic (exact) mass is 423 g/mol. The van der Waals surface area contributed by atoms with Crippen molar-refractivity contribution in [1.82, 2.24) is 0 Å². The van der Waals surface area contributed by atoms with Gasteiger partial charge in [0.05, 0.1) is 6.61 Å². The highest BCUT2D eigenvalue weighted by Gasteiger charge is 2.17. The summed E-state index contributed by atoms with van der Waals surface area (Å²) in [6.45, 7) is 3.94. The predicted octanol–water partition coefficient (Wildman–Crippen LogP) is 4.13. The highest BCUT2D eigenvalue weighted by Crippen LogP contribution is 2.25. The van der Waals surface area contributed by atoms with E-state index < -0.39 is 16.0 Å². The quantitative estimate of drug-likeness (QED) is 0.559. The summed E-state index contributed by atoms with van der Waals surface area (Å²) in [5, 5.41) is 0. The fourth-order valence-electron chi connectivity index (χ4n) is 2.05. The van der Waals surface area contributed by atoms with Crippen LogP contribution < -0.4 is 4.72 Å². The number of carbonyl (C=O) groups excluding carboxylic acids is 1. The topological polar surface area (TPSA) is 72.5 Å². The maximum Gasteiger partial charge on any atom is 0.330 e. The van der Waals surface area contributed by atoms with E-state index in [1.54, 1.807) is 55.5 Å². The molecule has 0 amide bonds. The zero-order chi connectivity index (χ0) is 18.4. The summed E-state index contributed by atoms with van der Waals surface area (Å²) in [5.74, 6) is -0.420. The van der Waals surface area contributed by atoms with Crippen LogP contribution >= 0.6 is 15.9 Å². The third kappa shape index (κ3) is 5.44. The van der Waals surface area contributed by atoms with Gasteiger partial charge in [0.2, 0.25) is 0 Å². The third-order valence-electron chi connectivity index (χ3n) is 3.24. The molecule has 0 heterocycles. The molecular formula is C18H18BrNO4S. The summed E-state index contributed by atoms with van der Waals surface area (Å²) in [7, 11) is -3.70. The second-order valence-electron chi connectivity index (χ2n) is 5.25. The highest BCUT2D eigenvalue weighted by molar-refractivity contribution is 9.10. The first-order chi connectivity index (χ1) is 11.8. The van der Waals surface area contributed by atoms with Gasteiger partial charge in [-0.15, -0.1) is 0 Å². The molecule has 132 valence electrons. The number of sulfonamides is 1. The van der Waals surface area contributed by atoms with E-state index in [4.69, 9.17) is 4.74 Å². The standard InChI is InChI=1S/C18H18BrNO4S/c1-3-24-18(21)11-7-14-5-8-15(9-6-14)20-25(22,23)17-10-4-13(2)12-16(17)19/h4-12,20H,3H2,1-2H3/b11-7+. The zero-order valence-electron chi connectivity index (χ0n) is 13.8. The number of rotatable bonds is 6. The Morgan fingerprint density at radius 1 is 1.20 bits per heavy atom. The van der Waals surface area contributed by atoms with Crippen LogP contribution in [0.4, 0.5) is 5.69 Å². The number of hydrogen-bond donors (Lipinski definition) is 1. The molecule has 0 saturated carbocycles. The van der Waals surface area contributed by atoms with Crippen molar-refractivity contribution in [2.75, 3.05) is 11.3 Å². The largest absolute Gasteiger partial charge is 0.463 e. The number of halogens is 1. The Morgan fingerprint density at radius 3 is 2.48 bits per heavy atom. The molecule has 0 aromatic heterocycles. The SMILES string of the molecule is CCOC(=O)/C=C/c1ccc(NS(=O)(=O)c2ccc(C)cc2Br)cc1. The molecule has 1 N–H and O–H groups in total. The van der Waals surface area contributed by atoms with Crippen molar-refractivity contribution in [2.24, 2.45) is 0 Å². The van der Waals surface area contributed by atoms with E-state index in [0.717, 1.165) is 11.1 Å². The summed E-state index contributed by atoms with van der Waals surface area (Å²) in [6, 6.07) is 11.7. The van der Waals surface area contributed by atoms with E-state index in [9.17, 15) is 13.2 Å². The number of hydrogen-bond acceptors (Lipinski definition) is 4. The Labute approximate surface area is 155 Å². The van der Waals surface area contributed by atoms with Crippen LogP contribution in [0.3, 0.4) is 0 Å². The molecule has 0 fully saturated rings. The number of anilines is 1. The van der Waals surface area contributed by atoms with Crippen LogP contribution in [-0.2, 0) is 19.6 Å². The number of ether oxygens (including phenoxy) is 1. The Morgan fingerprint density at radius 2 is 1.88 bits per heavy atom. The predicted molar refractivity (Wildman–Crippen MR) is 102 cm³/mol. The normalized spacial score (nSPS) is 11.5. The van der Waals surface area contributed by atoms with Crippen molar-refractivity contribution < 1.29 is 17.9 Å². The maximum absolute atomic E-state index is 12.5. The van der Waals surface area contributed by atoms with E-state index in [1.165, 1.54) is 6.08 Å². The fraction of sp³-hybridized carbons (Fsp3) is 0.167. The Kier molecular flexibility index (Phi) is 6.39. The van der Waals surface area contributed by atoms with Crippen molar-refractivity contribution in [3.8, 4) is 0 Å². The molecule has 2 aromatic carbocycles. The van der Waals surface area contributed by atoms with Gasteiger partial charge in [0, 0.05) is 16.2 Å². The van der Waals surface area contributed by atoms with E-state index in [0.29, 0.717) is 16.8 Å². The van der Waals surface area contributed by atoms with Gasteiger partial charge in [0.15, 0.2) is 0 Å². The maximum atomic E-state index is 12.5. The van der Waals surface area contributed by atoms with Gasteiger partial charge < -0.3 is 4.74 Å². The second kappa shape index (κ2) is 8.31. The lowest BCUT2D eigenvalue weighted by molar-refractivity contribution is -0.137. The van der Waals surface area contributed by atoms with Crippen molar-refractivity contribution in [3.05, 3.63) is 64.1 Å². The molecule has 0 bridgehead atoms. The van der Waals surface area contributed by atoms with Gasteiger partial charge in [0.1, 0.15) is 4.90 Å². The van der Waals surface area contributed by atoms with E-state index in [2.05, 4.69) is 20.7 Å².